The molecule has 1 aliphatic rings. The minimum absolute atomic E-state index is 0.246. The van der Waals surface area contributed by atoms with Crippen LogP contribution in [0.3, 0.4) is 0 Å². The summed E-state index contributed by atoms with van der Waals surface area (Å²) in [4.78, 5) is 4.24. The molecule has 0 spiro atoms. The van der Waals surface area contributed by atoms with E-state index in [1.807, 2.05) is 6.07 Å². The van der Waals surface area contributed by atoms with Crippen LogP contribution in [0.4, 0.5) is 0 Å². The first-order valence-electron chi connectivity index (χ1n) is 6.07. The Labute approximate surface area is 112 Å². The summed E-state index contributed by atoms with van der Waals surface area (Å²) in [5.41, 5.74) is 0.917. The van der Waals surface area contributed by atoms with Crippen molar-refractivity contribution in [3.05, 3.63) is 22.8 Å². The number of alkyl halides is 1. The molecule has 94 valence electrons. The van der Waals surface area contributed by atoms with Crippen molar-refractivity contribution in [3.8, 4) is 5.88 Å². The number of ether oxygens (including phenoxy) is 1. The predicted octanol–water partition coefficient (Wildman–Crippen LogP) is 4.43. The van der Waals surface area contributed by atoms with Crippen molar-refractivity contribution in [2.45, 2.75) is 44.6 Å². The zero-order valence-electron chi connectivity index (χ0n) is 9.96. The maximum Gasteiger partial charge on any atom is 0.232 e. The summed E-state index contributed by atoms with van der Waals surface area (Å²) in [5.74, 6) is 1.54. The lowest BCUT2D eigenvalue weighted by Gasteiger charge is -2.29. The number of aromatic nitrogens is 1. The van der Waals surface area contributed by atoms with Gasteiger partial charge in [0, 0.05) is 12.1 Å². The summed E-state index contributed by atoms with van der Waals surface area (Å²) in [7, 11) is 0. The SMILES string of the molecule is CC1CCCCC1Oc1ncc(CCl)cc1Cl. The summed E-state index contributed by atoms with van der Waals surface area (Å²) in [5, 5.41) is 0.556. The van der Waals surface area contributed by atoms with Crippen LogP contribution in [0.25, 0.3) is 0 Å². The van der Waals surface area contributed by atoms with Crippen molar-refractivity contribution in [3.63, 3.8) is 0 Å². The molecule has 2 unspecified atom stereocenters. The monoisotopic (exact) mass is 273 g/mol. The van der Waals surface area contributed by atoms with Gasteiger partial charge in [-0.25, -0.2) is 4.98 Å². The predicted molar refractivity (Wildman–Crippen MR) is 70.9 cm³/mol. The molecule has 1 aromatic rings. The molecule has 0 aromatic carbocycles. The van der Waals surface area contributed by atoms with Crippen LogP contribution in [0.2, 0.25) is 5.02 Å². The normalized spacial score (nSPS) is 24.6. The van der Waals surface area contributed by atoms with E-state index >= 15 is 0 Å². The molecule has 4 heteroatoms. The number of halogens is 2. The van der Waals surface area contributed by atoms with Gasteiger partial charge in [0.25, 0.3) is 0 Å². The van der Waals surface area contributed by atoms with Gasteiger partial charge in [-0.05, 0) is 36.8 Å². The Morgan fingerprint density at radius 3 is 2.82 bits per heavy atom. The number of pyridine rings is 1. The summed E-state index contributed by atoms with van der Waals surface area (Å²) in [6, 6.07) is 1.82. The maximum absolute atomic E-state index is 6.13. The second-order valence-corrected chi connectivity index (χ2v) is 5.36. The Balaban J connectivity index is 2.07. The van der Waals surface area contributed by atoms with E-state index < -0.39 is 0 Å². The Bertz CT molecular complexity index is 384. The second-order valence-electron chi connectivity index (χ2n) is 4.68. The minimum Gasteiger partial charge on any atom is -0.473 e. The van der Waals surface area contributed by atoms with Gasteiger partial charge in [0.15, 0.2) is 0 Å². The number of hydrogen-bond donors (Lipinski definition) is 0. The molecule has 1 aromatic heterocycles. The summed E-state index contributed by atoms with van der Waals surface area (Å²) >= 11 is 11.9. The number of hydrogen-bond acceptors (Lipinski definition) is 2. The van der Waals surface area contributed by atoms with Crippen molar-refractivity contribution >= 4 is 23.2 Å². The molecule has 0 aliphatic heterocycles. The Morgan fingerprint density at radius 2 is 2.18 bits per heavy atom. The third kappa shape index (κ3) is 3.26. The highest BCUT2D eigenvalue weighted by atomic mass is 35.5. The zero-order valence-corrected chi connectivity index (χ0v) is 11.5. The lowest BCUT2D eigenvalue weighted by molar-refractivity contribution is 0.0977. The molecule has 17 heavy (non-hydrogen) atoms. The molecular formula is C13H17Cl2NO. The molecule has 2 atom stereocenters. The molecule has 0 amide bonds. The molecule has 1 heterocycles. The molecular weight excluding hydrogens is 257 g/mol. The fourth-order valence-electron chi connectivity index (χ4n) is 2.23. The molecule has 2 nitrogen and oxygen atoms in total. The number of rotatable bonds is 3. The fraction of sp³-hybridized carbons (Fsp3) is 0.615. The average molecular weight is 274 g/mol. The lowest BCUT2D eigenvalue weighted by Crippen LogP contribution is -2.28. The van der Waals surface area contributed by atoms with Crippen LogP contribution in [0, 0.1) is 5.92 Å². The quantitative estimate of drug-likeness (QED) is 0.760. The van der Waals surface area contributed by atoms with Crippen LogP contribution >= 0.6 is 23.2 Å². The third-order valence-corrected chi connectivity index (χ3v) is 3.89. The van der Waals surface area contributed by atoms with E-state index in [9.17, 15) is 0 Å². The van der Waals surface area contributed by atoms with Gasteiger partial charge in [-0.3, -0.25) is 0 Å². The maximum atomic E-state index is 6.13. The molecule has 0 N–H and O–H groups in total. The van der Waals surface area contributed by atoms with Gasteiger partial charge in [-0.1, -0.05) is 24.9 Å². The van der Waals surface area contributed by atoms with Crippen LogP contribution in [0.1, 0.15) is 38.2 Å². The van der Waals surface area contributed by atoms with E-state index in [0.717, 1.165) is 12.0 Å². The first-order valence-corrected chi connectivity index (χ1v) is 6.99. The Morgan fingerprint density at radius 1 is 1.41 bits per heavy atom. The summed E-state index contributed by atoms with van der Waals surface area (Å²) in [6.45, 7) is 2.23. The highest BCUT2D eigenvalue weighted by molar-refractivity contribution is 6.32. The highest BCUT2D eigenvalue weighted by Crippen LogP contribution is 2.30. The van der Waals surface area contributed by atoms with Crippen molar-refractivity contribution in [1.82, 2.24) is 4.98 Å². The smallest absolute Gasteiger partial charge is 0.232 e. The van der Waals surface area contributed by atoms with E-state index in [1.54, 1.807) is 6.20 Å². The standard InChI is InChI=1S/C13H17Cl2NO/c1-9-4-2-3-5-12(9)17-13-11(15)6-10(7-14)8-16-13/h6,8-9,12H,2-5,7H2,1H3. The van der Waals surface area contributed by atoms with E-state index in [2.05, 4.69) is 11.9 Å². The van der Waals surface area contributed by atoms with E-state index in [0.29, 0.717) is 22.7 Å². The average Bonchev–Trinajstić information content (AvgIpc) is 2.34. The van der Waals surface area contributed by atoms with Crippen molar-refractivity contribution in [2.75, 3.05) is 0 Å². The van der Waals surface area contributed by atoms with Crippen molar-refractivity contribution in [1.29, 1.82) is 0 Å². The first kappa shape index (κ1) is 13.0. The third-order valence-electron chi connectivity index (χ3n) is 3.31. The second kappa shape index (κ2) is 5.92. The topological polar surface area (TPSA) is 22.1 Å². The zero-order chi connectivity index (χ0) is 12.3. The van der Waals surface area contributed by atoms with Crippen LogP contribution < -0.4 is 4.74 Å². The first-order chi connectivity index (χ1) is 8.20. The van der Waals surface area contributed by atoms with Gasteiger partial charge in [0.05, 0.1) is 0 Å². The van der Waals surface area contributed by atoms with Gasteiger partial charge >= 0.3 is 0 Å². The Kier molecular flexibility index (Phi) is 4.52. The van der Waals surface area contributed by atoms with E-state index in [1.165, 1.54) is 19.3 Å². The van der Waals surface area contributed by atoms with Gasteiger partial charge in [0.1, 0.15) is 11.1 Å². The largest absolute Gasteiger partial charge is 0.473 e. The van der Waals surface area contributed by atoms with Gasteiger partial charge < -0.3 is 4.74 Å². The number of nitrogens with zero attached hydrogens (tertiary/aromatic N) is 1. The minimum atomic E-state index is 0.246. The molecule has 0 saturated heterocycles. The van der Waals surface area contributed by atoms with Crippen LogP contribution in [0.5, 0.6) is 5.88 Å². The van der Waals surface area contributed by atoms with Crippen LogP contribution in [-0.4, -0.2) is 11.1 Å². The molecule has 1 fully saturated rings. The highest BCUT2D eigenvalue weighted by Gasteiger charge is 2.24. The Hall–Kier alpha value is -0.470. The van der Waals surface area contributed by atoms with Gasteiger partial charge in [-0.2, -0.15) is 0 Å². The van der Waals surface area contributed by atoms with Crippen molar-refractivity contribution in [2.24, 2.45) is 5.92 Å². The fourth-order valence-corrected chi connectivity index (χ4v) is 2.61. The molecule has 2 rings (SSSR count). The van der Waals surface area contributed by atoms with Crippen molar-refractivity contribution < 1.29 is 4.74 Å². The molecule has 0 bridgehead atoms. The van der Waals surface area contributed by atoms with Crippen LogP contribution in [-0.2, 0) is 5.88 Å². The van der Waals surface area contributed by atoms with Gasteiger partial charge in [-0.15, -0.1) is 11.6 Å². The summed E-state index contributed by atoms with van der Waals surface area (Å²) in [6.07, 6.45) is 6.82. The molecule has 1 saturated carbocycles. The molecule has 0 radical (unpaired) electrons. The molecule has 1 aliphatic carbocycles. The van der Waals surface area contributed by atoms with Gasteiger partial charge in [0.2, 0.25) is 5.88 Å². The lowest BCUT2D eigenvalue weighted by atomic mass is 9.88. The summed E-state index contributed by atoms with van der Waals surface area (Å²) < 4.78 is 5.91. The van der Waals surface area contributed by atoms with E-state index in [-0.39, 0.29) is 6.10 Å². The van der Waals surface area contributed by atoms with Crippen LogP contribution in [0.15, 0.2) is 12.3 Å². The van der Waals surface area contributed by atoms with E-state index in [4.69, 9.17) is 27.9 Å².